The Bertz CT molecular complexity index is 140. The molecule has 11 heavy (non-hydrogen) atoms. The second-order valence-electron chi connectivity index (χ2n) is 3.40. The number of carbonyl (C=O) groups excluding carboxylic acids is 1. The van der Waals surface area contributed by atoms with E-state index in [4.69, 9.17) is 0 Å². The molecular weight excluding hydrogens is 138 g/mol. The molecule has 0 radical (unpaired) electrons. The molecule has 0 aromatic rings. The third-order valence-electron chi connectivity index (χ3n) is 2.09. The number of rotatable bonds is 5. The fourth-order valence-corrected chi connectivity index (χ4v) is 1.29. The molecule has 2 heteroatoms. The van der Waals surface area contributed by atoms with Gasteiger partial charge in [-0.1, -0.05) is 6.92 Å². The fraction of sp³-hybridized carbons (Fsp3) is 0.889. The number of nitrogens with one attached hydrogen (secondary N) is 1. The Balaban J connectivity index is 2.12. The topological polar surface area (TPSA) is 29.1 Å². The molecule has 1 unspecified atom stereocenters. The van der Waals surface area contributed by atoms with Gasteiger partial charge in [0.15, 0.2) is 0 Å². The summed E-state index contributed by atoms with van der Waals surface area (Å²) in [6.45, 7) is 5.10. The maximum atomic E-state index is 11.3. The van der Waals surface area contributed by atoms with E-state index in [0.717, 1.165) is 25.8 Å². The minimum atomic E-state index is 0.369. The molecule has 0 amide bonds. The Morgan fingerprint density at radius 2 is 2.27 bits per heavy atom. The molecule has 0 saturated heterocycles. The summed E-state index contributed by atoms with van der Waals surface area (Å²) in [7, 11) is 0. The van der Waals surface area contributed by atoms with Crippen molar-refractivity contribution in [3.63, 3.8) is 0 Å². The van der Waals surface area contributed by atoms with Crippen LogP contribution in [0.4, 0.5) is 0 Å². The summed E-state index contributed by atoms with van der Waals surface area (Å²) in [5.41, 5.74) is 0. The Labute approximate surface area is 68.4 Å². The maximum absolute atomic E-state index is 11.3. The third kappa shape index (κ3) is 3.02. The Kier molecular flexibility index (Phi) is 3.06. The Morgan fingerprint density at radius 1 is 1.64 bits per heavy atom. The second-order valence-corrected chi connectivity index (χ2v) is 3.40. The summed E-state index contributed by atoms with van der Waals surface area (Å²) in [4.78, 5) is 11.3. The lowest BCUT2D eigenvalue weighted by Gasteiger charge is -2.09. The highest BCUT2D eigenvalue weighted by molar-refractivity contribution is 5.83. The summed E-state index contributed by atoms with van der Waals surface area (Å²) < 4.78 is 0. The SMILES string of the molecule is CCNC(C)CC(=O)C1CC1. The fourth-order valence-electron chi connectivity index (χ4n) is 1.29. The van der Waals surface area contributed by atoms with Gasteiger partial charge < -0.3 is 5.32 Å². The third-order valence-corrected chi connectivity index (χ3v) is 2.09. The van der Waals surface area contributed by atoms with Crippen LogP contribution in [-0.4, -0.2) is 18.4 Å². The van der Waals surface area contributed by atoms with Crippen LogP contribution in [0.3, 0.4) is 0 Å². The molecule has 0 aromatic heterocycles. The molecule has 1 saturated carbocycles. The second kappa shape index (κ2) is 3.86. The maximum Gasteiger partial charge on any atom is 0.137 e. The van der Waals surface area contributed by atoms with Gasteiger partial charge in [0.2, 0.25) is 0 Å². The lowest BCUT2D eigenvalue weighted by molar-refractivity contribution is -0.120. The van der Waals surface area contributed by atoms with Crippen molar-refractivity contribution < 1.29 is 4.79 Å². The molecule has 0 aromatic carbocycles. The van der Waals surface area contributed by atoms with Gasteiger partial charge in [-0.15, -0.1) is 0 Å². The number of ketones is 1. The minimum Gasteiger partial charge on any atom is -0.314 e. The average molecular weight is 155 g/mol. The van der Waals surface area contributed by atoms with Crippen molar-refractivity contribution in [2.45, 2.75) is 39.2 Å². The van der Waals surface area contributed by atoms with Crippen LogP contribution in [0.2, 0.25) is 0 Å². The summed E-state index contributed by atoms with van der Waals surface area (Å²) >= 11 is 0. The molecule has 1 fully saturated rings. The largest absolute Gasteiger partial charge is 0.314 e. The highest BCUT2D eigenvalue weighted by Gasteiger charge is 2.29. The van der Waals surface area contributed by atoms with Crippen LogP contribution in [0, 0.1) is 5.92 Å². The summed E-state index contributed by atoms with van der Waals surface area (Å²) in [5.74, 6) is 0.884. The first kappa shape index (κ1) is 8.72. The normalized spacial score (nSPS) is 19.8. The van der Waals surface area contributed by atoms with E-state index in [2.05, 4.69) is 19.2 Å². The van der Waals surface area contributed by atoms with E-state index in [-0.39, 0.29) is 0 Å². The summed E-state index contributed by atoms with van der Waals surface area (Å²) in [6, 6.07) is 0.369. The van der Waals surface area contributed by atoms with Crippen LogP contribution >= 0.6 is 0 Å². The summed E-state index contributed by atoms with van der Waals surface area (Å²) in [6.07, 6.45) is 2.99. The van der Waals surface area contributed by atoms with Crippen molar-refractivity contribution in [3.05, 3.63) is 0 Å². The zero-order chi connectivity index (χ0) is 8.27. The van der Waals surface area contributed by atoms with Crippen LogP contribution in [0.25, 0.3) is 0 Å². The number of carbonyl (C=O) groups is 1. The Morgan fingerprint density at radius 3 is 2.73 bits per heavy atom. The predicted octanol–water partition coefficient (Wildman–Crippen LogP) is 1.35. The molecular formula is C9H17NO. The summed E-state index contributed by atoms with van der Waals surface area (Å²) in [5, 5.41) is 3.24. The van der Waals surface area contributed by atoms with Gasteiger partial charge in [0, 0.05) is 18.4 Å². The first-order valence-corrected chi connectivity index (χ1v) is 4.50. The molecule has 1 aliphatic carbocycles. The van der Waals surface area contributed by atoms with Crippen LogP contribution in [0.15, 0.2) is 0 Å². The molecule has 0 heterocycles. The van der Waals surface area contributed by atoms with Crippen molar-refractivity contribution in [3.8, 4) is 0 Å². The highest BCUT2D eigenvalue weighted by atomic mass is 16.1. The lowest BCUT2D eigenvalue weighted by atomic mass is 10.1. The van der Waals surface area contributed by atoms with Crippen molar-refractivity contribution in [2.75, 3.05) is 6.54 Å². The van der Waals surface area contributed by atoms with E-state index < -0.39 is 0 Å². The van der Waals surface area contributed by atoms with Gasteiger partial charge in [0.25, 0.3) is 0 Å². The molecule has 0 aliphatic heterocycles. The van der Waals surface area contributed by atoms with Gasteiger partial charge >= 0.3 is 0 Å². The van der Waals surface area contributed by atoms with Crippen LogP contribution in [0.5, 0.6) is 0 Å². The highest BCUT2D eigenvalue weighted by Crippen LogP contribution is 2.31. The van der Waals surface area contributed by atoms with Crippen molar-refractivity contribution in [1.29, 1.82) is 0 Å². The van der Waals surface area contributed by atoms with Gasteiger partial charge in [0.1, 0.15) is 5.78 Å². The van der Waals surface area contributed by atoms with Crippen molar-refractivity contribution >= 4 is 5.78 Å². The van der Waals surface area contributed by atoms with Gasteiger partial charge in [-0.25, -0.2) is 0 Å². The first-order valence-electron chi connectivity index (χ1n) is 4.50. The molecule has 1 rings (SSSR count). The lowest BCUT2D eigenvalue weighted by Crippen LogP contribution is -2.28. The van der Waals surface area contributed by atoms with E-state index in [9.17, 15) is 4.79 Å². The zero-order valence-corrected chi connectivity index (χ0v) is 7.39. The van der Waals surface area contributed by atoms with Crippen LogP contribution in [-0.2, 0) is 4.79 Å². The van der Waals surface area contributed by atoms with Gasteiger partial charge in [-0.3, -0.25) is 4.79 Å². The smallest absolute Gasteiger partial charge is 0.137 e. The minimum absolute atomic E-state index is 0.369. The van der Waals surface area contributed by atoms with E-state index in [1.165, 1.54) is 0 Å². The zero-order valence-electron chi connectivity index (χ0n) is 7.39. The quantitative estimate of drug-likeness (QED) is 0.649. The van der Waals surface area contributed by atoms with Gasteiger partial charge in [-0.2, -0.15) is 0 Å². The van der Waals surface area contributed by atoms with E-state index in [1.807, 2.05) is 0 Å². The van der Waals surface area contributed by atoms with Gasteiger partial charge in [-0.05, 0) is 26.3 Å². The molecule has 0 spiro atoms. The van der Waals surface area contributed by atoms with Crippen molar-refractivity contribution in [1.82, 2.24) is 5.32 Å². The Hall–Kier alpha value is -0.370. The van der Waals surface area contributed by atoms with E-state index in [0.29, 0.717) is 17.7 Å². The average Bonchev–Trinajstić information content (AvgIpc) is 2.67. The molecule has 1 N–H and O–H groups in total. The molecule has 1 atom stereocenters. The number of hydrogen-bond acceptors (Lipinski definition) is 2. The molecule has 2 nitrogen and oxygen atoms in total. The van der Waals surface area contributed by atoms with Gasteiger partial charge in [0.05, 0.1) is 0 Å². The first-order chi connectivity index (χ1) is 5.24. The molecule has 64 valence electrons. The van der Waals surface area contributed by atoms with Crippen molar-refractivity contribution in [2.24, 2.45) is 5.92 Å². The molecule has 0 bridgehead atoms. The molecule has 1 aliphatic rings. The van der Waals surface area contributed by atoms with Crippen LogP contribution < -0.4 is 5.32 Å². The monoisotopic (exact) mass is 155 g/mol. The predicted molar refractivity (Wildman–Crippen MR) is 45.5 cm³/mol. The standard InChI is InChI=1S/C9H17NO/c1-3-10-7(2)6-9(11)8-4-5-8/h7-8,10H,3-6H2,1-2H3. The van der Waals surface area contributed by atoms with Crippen LogP contribution in [0.1, 0.15) is 33.1 Å². The van der Waals surface area contributed by atoms with E-state index in [1.54, 1.807) is 0 Å². The number of hydrogen-bond donors (Lipinski definition) is 1. The number of Topliss-reactive ketones (excluding diaryl/α,β-unsaturated/α-hetero) is 1. The van der Waals surface area contributed by atoms with E-state index >= 15 is 0 Å².